The maximum Gasteiger partial charge on any atom is 0.264 e. The van der Waals surface area contributed by atoms with E-state index in [4.69, 9.17) is 0 Å². The van der Waals surface area contributed by atoms with Crippen molar-refractivity contribution < 1.29 is 19.8 Å². The van der Waals surface area contributed by atoms with E-state index in [0.717, 1.165) is 27.7 Å². The zero-order chi connectivity index (χ0) is 31.6. The topological polar surface area (TPSA) is 112 Å². The predicted molar refractivity (Wildman–Crippen MR) is 176 cm³/mol. The average molecular weight is 671 g/mol. The van der Waals surface area contributed by atoms with E-state index in [1.54, 1.807) is 14.5 Å². The second kappa shape index (κ2) is 13.1. The molecule has 9 nitrogen and oxygen atoms in total. The van der Waals surface area contributed by atoms with E-state index in [1.807, 2.05) is 98.1 Å². The molecule has 3 aromatic carbocycles. The number of allylic oxidation sites excluding steroid dienone is 1. The van der Waals surface area contributed by atoms with Crippen LogP contribution in [0.15, 0.2) is 95.6 Å². The van der Waals surface area contributed by atoms with Gasteiger partial charge in [0, 0.05) is 47.3 Å². The number of carbonyl (C=O) groups is 2. The summed E-state index contributed by atoms with van der Waals surface area (Å²) in [6.45, 7) is 3.31. The van der Waals surface area contributed by atoms with Crippen molar-refractivity contribution in [3.8, 4) is 0 Å². The van der Waals surface area contributed by atoms with Gasteiger partial charge in [0.15, 0.2) is 5.60 Å². The van der Waals surface area contributed by atoms with E-state index in [0.29, 0.717) is 42.9 Å². The average Bonchev–Trinajstić information content (AvgIpc) is 3.75. The van der Waals surface area contributed by atoms with Crippen LogP contribution in [0.5, 0.6) is 0 Å². The number of carbonyl (C=O) groups excluding carboxylic acids is 2. The molecule has 0 spiro atoms. The number of nitrogens with zero attached hydrogens (tertiary/aromatic N) is 5. The summed E-state index contributed by atoms with van der Waals surface area (Å²) in [7, 11) is 0. The van der Waals surface area contributed by atoms with Gasteiger partial charge in [0.25, 0.3) is 5.91 Å². The molecular weight excluding hydrogens is 634 g/mol. The van der Waals surface area contributed by atoms with Crippen molar-refractivity contribution in [3.63, 3.8) is 0 Å². The molecule has 3 atom stereocenters. The fraction of sp³-hybridized carbons (Fsp3) is 0.314. The summed E-state index contributed by atoms with van der Waals surface area (Å²) in [6, 6.07) is 23.0. The second-order valence-corrected chi connectivity index (χ2v) is 12.6. The highest BCUT2D eigenvalue weighted by Gasteiger charge is 2.52. The zero-order valence-corrected chi connectivity index (χ0v) is 26.7. The number of aromatic nitrogens is 3. The van der Waals surface area contributed by atoms with Crippen molar-refractivity contribution in [1.29, 1.82) is 0 Å². The van der Waals surface area contributed by atoms with Crippen molar-refractivity contribution in [1.82, 2.24) is 15.0 Å². The molecule has 0 bridgehead atoms. The smallest absolute Gasteiger partial charge is 0.264 e. The van der Waals surface area contributed by atoms with Gasteiger partial charge < -0.3 is 20.0 Å². The number of hydrogen-bond acceptors (Lipinski definition) is 6. The Kier molecular flexibility index (Phi) is 8.98. The number of rotatable bonds is 11. The van der Waals surface area contributed by atoms with Gasteiger partial charge in [0.2, 0.25) is 5.91 Å². The fourth-order valence-corrected chi connectivity index (χ4v) is 6.65. The van der Waals surface area contributed by atoms with Crippen molar-refractivity contribution in [3.05, 3.63) is 118 Å². The summed E-state index contributed by atoms with van der Waals surface area (Å²) in [5, 5.41) is 30.5. The minimum Gasteiger partial charge on any atom is -0.395 e. The van der Waals surface area contributed by atoms with Gasteiger partial charge >= 0.3 is 0 Å². The van der Waals surface area contributed by atoms with E-state index in [1.165, 1.54) is 0 Å². The Bertz CT molecular complexity index is 1720. The third-order valence-electron chi connectivity index (χ3n) is 8.77. The Balaban J connectivity index is 1.16. The molecule has 232 valence electrons. The van der Waals surface area contributed by atoms with E-state index in [-0.39, 0.29) is 30.9 Å². The van der Waals surface area contributed by atoms with Crippen molar-refractivity contribution in [2.75, 3.05) is 23.0 Å². The molecule has 3 heterocycles. The fourth-order valence-electron chi connectivity index (χ4n) is 6.29. The summed E-state index contributed by atoms with van der Waals surface area (Å²) < 4.78 is 2.52. The number of amides is 2. The van der Waals surface area contributed by atoms with Gasteiger partial charge in [0.05, 0.1) is 30.5 Å². The molecule has 10 heteroatoms. The van der Waals surface area contributed by atoms with Crippen LogP contribution in [0, 0.1) is 5.92 Å². The SMILES string of the molecule is C[C@H](/C=C/CCn1cc(C(CO)c2ccccc2)nn1)[C@@]1(O)C(=O)N(Cc2cccc(N3CCCC3=O)c2)c2ccc(Br)cc21. The first-order chi connectivity index (χ1) is 21.8. The van der Waals surface area contributed by atoms with Gasteiger partial charge in [-0.25, -0.2) is 0 Å². The lowest BCUT2D eigenvalue weighted by Crippen LogP contribution is -2.44. The van der Waals surface area contributed by atoms with Gasteiger partial charge in [-0.3, -0.25) is 14.3 Å². The summed E-state index contributed by atoms with van der Waals surface area (Å²) >= 11 is 3.52. The van der Waals surface area contributed by atoms with E-state index in [2.05, 4.69) is 26.2 Å². The van der Waals surface area contributed by atoms with Crippen molar-refractivity contribution in [2.24, 2.45) is 5.92 Å². The molecule has 0 saturated carbocycles. The standard InChI is InChI=1S/C35H36BrN5O4/c1-24(9-5-6-17-39-22-31(37-38-39)29(23-42)26-11-3-2-4-12-26)35(45)30-20-27(36)15-16-32(30)41(34(35)44)21-25-10-7-13-28(19-25)40-18-8-14-33(40)43/h2-5,7,9-13,15-16,19-20,22,24,29,42,45H,6,8,14,17-18,21,23H2,1H3/b9-5+/t24-,29?,35+/m1/s1. The lowest BCUT2D eigenvalue weighted by Gasteiger charge is -2.28. The highest BCUT2D eigenvalue weighted by Crippen LogP contribution is 2.47. The predicted octanol–water partition coefficient (Wildman–Crippen LogP) is 5.31. The van der Waals surface area contributed by atoms with Gasteiger partial charge in [-0.1, -0.05) is 82.7 Å². The number of fused-ring (bicyclic) bond motifs is 1. The van der Waals surface area contributed by atoms with Gasteiger partial charge in [-0.15, -0.1) is 5.10 Å². The number of halogens is 1. The minimum atomic E-state index is -1.75. The first-order valence-electron chi connectivity index (χ1n) is 15.3. The number of aryl methyl sites for hydroxylation is 1. The zero-order valence-electron chi connectivity index (χ0n) is 25.1. The molecule has 2 amide bonds. The van der Waals surface area contributed by atoms with Crippen LogP contribution in [-0.2, 0) is 28.3 Å². The molecule has 6 rings (SSSR count). The number of benzene rings is 3. The molecule has 1 fully saturated rings. The van der Waals surface area contributed by atoms with Crippen LogP contribution in [0.4, 0.5) is 11.4 Å². The Morgan fingerprint density at radius 2 is 1.89 bits per heavy atom. The molecule has 1 aromatic heterocycles. The molecule has 2 N–H and O–H groups in total. The van der Waals surface area contributed by atoms with Gasteiger partial charge in [-0.2, -0.15) is 0 Å². The van der Waals surface area contributed by atoms with E-state index < -0.39 is 11.5 Å². The third kappa shape index (κ3) is 6.10. The van der Waals surface area contributed by atoms with Crippen LogP contribution < -0.4 is 9.80 Å². The van der Waals surface area contributed by atoms with E-state index in [9.17, 15) is 19.8 Å². The highest BCUT2D eigenvalue weighted by atomic mass is 79.9. The quantitative estimate of drug-likeness (QED) is 0.210. The van der Waals surface area contributed by atoms with Gasteiger partial charge in [0.1, 0.15) is 0 Å². The summed E-state index contributed by atoms with van der Waals surface area (Å²) in [6.07, 6.45) is 7.68. The number of aliphatic hydroxyl groups is 2. The monoisotopic (exact) mass is 669 g/mol. The highest BCUT2D eigenvalue weighted by molar-refractivity contribution is 9.10. The molecule has 45 heavy (non-hydrogen) atoms. The normalized spacial score (nSPS) is 19.5. The Morgan fingerprint density at radius 1 is 1.07 bits per heavy atom. The molecular formula is C35H36BrN5O4. The Labute approximate surface area is 270 Å². The first-order valence-corrected chi connectivity index (χ1v) is 16.0. The van der Waals surface area contributed by atoms with Crippen LogP contribution in [-0.4, -0.2) is 50.2 Å². The number of anilines is 2. The first kappa shape index (κ1) is 30.9. The molecule has 2 aliphatic heterocycles. The molecule has 0 aliphatic carbocycles. The number of hydrogen-bond donors (Lipinski definition) is 2. The maximum absolute atomic E-state index is 14.0. The Morgan fingerprint density at radius 3 is 2.64 bits per heavy atom. The Hall–Kier alpha value is -4.12. The molecule has 2 aliphatic rings. The molecule has 1 saturated heterocycles. The van der Waals surface area contributed by atoms with Crippen LogP contribution >= 0.6 is 15.9 Å². The van der Waals surface area contributed by atoms with Crippen molar-refractivity contribution >= 4 is 39.1 Å². The molecule has 4 aromatic rings. The van der Waals surface area contributed by atoms with Crippen LogP contribution in [0.3, 0.4) is 0 Å². The maximum atomic E-state index is 14.0. The van der Waals surface area contributed by atoms with Crippen LogP contribution in [0.25, 0.3) is 0 Å². The summed E-state index contributed by atoms with van der Waals surface area (Å²) in [5.74, 6) is -1.03. The lowest BCUT2D eigenvalue weighted by molar-refractivity contribution is -0.139. The van der Waals surface area contributed by atoms with E-state index >= 15 is 0 Å². The summed E-state index contributed by atoms with van der Waals surface area (Å²) in [4.78, 5) is 29.8. The molecule has 0 radical (unpaired) electrons. The summed E-state index contributed by atoms with van der Waals surface area (Å²) in [5.41, 5.74) is 2.86. The van der Waals surface area contributed by atoms with Crippen LogP contribution in [0.2, 0.25) is 0 Å². The second-order valence-electron chi connectivity index (χ2n) is 11.7. The van der Waals surface area contributed by atoms with Gasteiger partial charge in [-0.05, 0) is 54.3 Å². The third-order valence-corrected chi connectivity index (χ3v) is 9.27. The molecule has 1 unspecified atom stereocenters. The number of aliphatic hydroxyl groups excluding tert-OH is 1. The largest absolute Gasteiger partial charge is 0.395 e. The minimum absolute atomic E-state index is 0.0646. The van der Waals surface area contributed by atoms with Crippen LogP contribution in [0.1, 0.15) is 54.5 Å². The van der Waals surface area contributed by atoms with Crippen molar-refractivity contribution in [2.45, 2.75) is 50.8 Å². The lowest BCUT2D eigenvalue weighted by atomic mass is 9.83.